The van der Waals surface area contributed by atoms with Crippen LogP contribution in [0.2, 0.25) is 5.02 Å². The van der Waals surface area contributed by atoms with E-state index in [1.807, 2.05) is 12.1 Å². The second-order valence-corrected chi connectivity index (χ2v) is 6.66. The molecular weight excluding hydrogens is 321 g/mol. The van der Waals surface area contributed by atoms with E-state index >= 15 is 0 Å². The molecule has 22 heavy (non-hydrogen) atoms. The molecule has 124 valence electrons. The highest BCUT2D eigenvalue weighted by Crippen LogP contribution is 2.26. The molecule has 0 amide bonds. The summed E-state index contributed by atoms with van der Waals surface area (Å²) < 4.78 is 0. The third-order valence-electron chi connectivity index (χ3n) is 4.69. The lowest BCUT2D eigenvalue weighted by atomic mass is 9.91. The van der Waals surface area contributed by atoms with Gasteiger partial charge in [0, 0.05) is 30.1 Å². The maximum Gasteiger partial charge on any atom is 0.0541 e. The average molecular weight is 346 g/mol. The van der Waals surface area contributed by atoms with Crippen LogP contribution in [-0.2, 0) is 0 Å². The minimum atomic E-state index is -0.0836. The first kappa shape index (κ1) is 18.0. The lowest BCUT2D eigenvalue weighted by Crippen LogP contribution is -2.39. The first-order valence-corrected chi connectivity index (χ1v) is 8.25. The fraction of sp³-hybridized carbons (Fsp3) is 0.625. The Kier molecular flexibility index (Phi) is 6.93. The quantitative estimate of drug-likeness (QED) is 0.676. The van der Waals surface area contributed by atoms with E-state index in [0.29, 0.717) is 18.0 Å². The predicted octanol–water partition coefficient (Wildman–Crippen LogP) is 2.42. The molecule has 2 aliphatic rings. The summed E-state index contributed by atoms with van der Waals surface area (Å²) in [6.07, 6.45) is 3.94. The van der Waals surface area contributed by atoms with E-state index < -0.39 is 0 Å². The maximum atomic E-state index is 9.56. The second kappa shape index (κ2) is 8.48. The van der Waals surface area contributed by atoms with Crippen LogP contribution in [0.4, 0.5) is 0 Å². The number of aliphatic hydroxyl groups excluding tert-OH is 1. The van der Waals surface area contributed by atoms with Crippen molar-refractivity contribution in [2.45, 2.75) is 43.9 Å². The molecule has 0 bridgehead atoms. The summed E-state index contributed by atoms with van der Waals surface area (Å²) in [6.45, 7) is 1.96. The van der Waals surface area contributed by atoms with Gasteiger partial charge in [0.05, 0.1) is 12.1 Å². The Balaban J connectivity index is 0.00000176. The molecule has 0 spiro atoms. The van der Waals surface area contributed by atoms with Gasteiger partial charge in [-0.2, -0.15) is 0 Å². The molecule has 1 aliphatic heterocycles. The Bertz CT molecular complexity index is 449. The third kappa shape index (κ3) is 4.57. The van der Waals surface area contributed by atoms with E-state index in [1.165, 1.54) is 5.56 Å². The molecule has 3 rings (SSSR count). The van der Waals surface area contributed by atoms with Crippen LogP contribution in [0.25, 0.3) is 0 Å². The van der Waals surface area contributed by atoms with Crippen molar-refractivity contribution in [2.75, 3.05) is 13.1 Å². The molecule has 4 N–H and O–H groups in total. The van der Waals surface area contributed by atoms with E-state index in [2.05, 4.69) is 28.3 Å². The topological polar surface area (TPSA) is 56.3 Å². The minimum Gasteiger partial charge on any atom is -0.393 e. The Hall–Kier alpha value is -0.360. The first-order chi connectivity index (χ1) is 10.2. The van der Waals surface area contributed by atoms with Crippen molar-refractivity contribution >= 4 is 24.0 Å². The van der Waals surface area contributed by atoms with Gasteiger partial charge in [0.15, 0.2) is 0 Å². The fourth-order valence-electron chi connectivity index (χ4n) is 3.35. The SMILES string of the molecule is Cl.OC1CCC(NCC2CNNC2c2ccc(Cl)cc2)CC1. The Morgan fingerprint density at radius 2 is 1.82 bits per heavy atom. The van der Waals surface area contributed by atoms with Gasteiger partial charge in [-0.1, -0.05) is 23.7 Å². The highest BCUT2D eigenvalue weighted by Gasteiger charge is 2.29. The number of halogens is 2. The average Bonchev–Trinajstić information content (AvgIpc) is 2.96. The van der Waals surface area contributed by atoms with Gasteiger partial charge < -0.3 is 10.4 Å². The summed E-state index contributed by atoms with van der Waals surface area (Å²) in [7, 11) is 0. The number of aliphatic hydroxyl groups is 1. The summed E-state index contributed by atoms with van der Waals surface area (Å²) in [5.41, 5.74) is 7.90. The fourth-order valence-corrected chi connectivity index (χ4v) is 3.48. The van der Waals surface area contributed by atoms with Crippen LogP contribution < -0.4 is 16.2 Å². The third-order valence-corrected chi connectivity index (χ3v) is 4.94. The maximum absolute atomic E-state index is 9.56. The van der Waals surface area contributed by atoms with Gasteiger partial charge in [-0.05, 0) is 43.4 Å². The molecule has 1 aromatic carbocycles. The van der Waals surface area contributed by atoms with Crippen LogP contribution in [-0.4, -0.2) is 30.3 Å². The van der Waals surface area contributed by atoms with E-state index in [0.717, 1.165) is 43.8 Å². The smallest absolute Gasteiger partial charge is 0.0541 e. The van der Waals surface area contributed by atoms with Crippen LogP contribution >= 0.6 is 24.0 Å². The van der Waals surface area contributed by atoms with Crippen molar-refractivity contribution in [1.82, 2.24) is 16.2 Å². The first-order valence-electron chi connectivity index (χ1n) is 7.87. The number of hydrogen-bond donors (Lipinski definition) is 4. The minimum absolute atomic E-state index is 0. The van der Waals surface area contributed by atoms with Crippen LogP contribution in [0, 0.1) is 5.92 Å². The molecule has 1 aliphatic carbocycles. The van der Waals surface area contributed by atoms with Gasteiger partial charge >= 0.3 is 0 Å². The van der Waals surface area contributed by atoms with Crippen LogP contribution in [0.3, 0.4) is 0 Å². The zero-order valence-corrected chi connectivity index (χ0v) is 14.2. The molecule has 2 fully saturated rings. The molecule has 1 heterocycles. The van der Waals surface area contributed by atoms with Crippen molar-refractivity contribution in [1.29, 1.82) is 0 Å². The van der Waals surface area contributed by atoms with Crippen molar-refractivity contribution in [2.24, 2.45) is 5.92 Å². The van der Waals surface area contributed by atoms with Gasteiger partial charge in [0.1, 0.15) is 0 Å². The van der Waals surface area contributed by atoms with Gasteiger partial charge in [-0.25, -0.2) is 5.43 Å². The molecule has 6 heteroatoms. The second-order valence-electron chi connectivity index (χ2n) is 6.23. The van der Waals surface area contributed by atoms with Crippen molar-refractivity contribution in [3.63, 3.8) is 0 Å². The van der Waals surface area contributed by atoms with Gasteiger partial charge in [0.25, 0.3) is 0 Å². The largest absolute Gasteiger partial charge is 0.393 e. The van der Waals surface area contributed by atoms with E-state index in [1.54, 1.807) is 0 Å². The Labute approximate surface area is 143 Å². The molecule has 0 radical (unpaired) electrons. The molecular formula is C16H25Cl2N3O. The lowest BCUT2D eigenvalue weighted by Gasteiger charge is -2.28. The number of hydrazine groups is 1. The molecule has 4 nitrogen and oxygen atoms in total. The normalized spacial score (nSPS) is 31.7. The Morgan fingerprint density at radius 1 is 1.14 bits per heavy atom. The highest BCUT2D eigenvalue weighted by atomic mass is 35.5. The van der Waals surface area contributed by atoms with E-state index in [-0.39, 0.29) is 18.5 Å². The molecule has 1 saturated carbocycles. The zero-order valence-electron chi connectivity index (χ0n) is 12.6. The van der Waals surface area contributed by atoms with Crippen LogP contribution in [0.5, 0.6) is 0 Å². The molecule has 2 atom stereocenters. The van der Waals surface area contributed by atoms with Crippen LogP contribution in [0.1, 0.15) is 37.3 Å². The van der Waals surface area contributed by atoms with Gasteiger partial charge in [-0.15, -0.1) is 12.4 Å². The van der Waals surface area contributed by atoms with Gasteiger partial charge in [0.2, 0.25) is 0 Å². The standard InChI is InChI=1S/C16H24ClN3O.ClH/c17-13-3-1-11(2-4-13)16-12(10-19-20-16)9-18-14-5-7-15(21)8-6-14;/h1-4,12,14-16,18-21H,5-10H2;1H. The van der Waals surface area contributed by atoms with Crippen molar-refractivity contribution in [3.05, 3.63) is 34.9 Å². The molecule has 1 aromatic rings. The summed E-state index contributed by atoms with van der Waals surface area (Å²) in [5.74, 6) is 0.526. The van der Waals surface area contributed by atoms with E-state index in [9.17, 15) is 5.11 Å². The van der Waals surface area contributed by atoms with E-state index in [4.69, 9.17) is 11.6 Å². The zero-order chi connectivity index (χ0) is 14.7. The number of nitrogens with one attached hydrogen (secondary N) is 3. The molecule has 0 aromatic heterocycles. The number of benzene rings is 1. The summed E-state index contributed by atoms with van der Waals surface area (Å²) in [4.78, 5) is 0. The number of rotatable bonds is 4. The molecule has 1 saturated heterocycles. The predicted molar refractivity (Wildman–Crippen MR) is 92.3 cm³/mol. The monoisotopic (exact) mass is 345 g/mol. The molecule has 2 unspecified atom stereocenters. The summed E-state index contributed by atoms with van der Waals surface area (Å²) in [6, 6.07) is 8.96. The Morgan fingerprint density at radius 3 is 2.50 bits per heavy atom. The van der Waals surface area contributed by atoms with Crippen molar-refractivity contribution in [3.8, 4) is 0 Å². The van der Waals surface area contributed by atoms with Crippen LogP contribution in [0.15, 0.2) is 24.3 Å². The van der Waals surface area contributed by atoms with Gasteiger partial charge in [-0.3, -0.25) is 5.43 Å². The number of hydrogen-bond acceptors (Lipinski definition) is 4. The van der Waals surface area contributed by atoms with Crippen molar-refractivity contribution < 1.29 is 5.11 Å². The summed E-state index contributed by atoms with van der Waals surface area (Å²) in [5, 5.41) is 14.0. The summed E-state index contributed by atoms with van der Waals surface area (Å²) >= 11 is 5.96. The highest BCUT2D eigenvalue weighted by molar-refractivity contribution is 6.30. The lowest BCUT2D eigenvalue weighted by molar-refractivity contribution is 0.116.